The maximum Gasteiger partial charge on any atom is 0.227 e. The second kappa shape index (κ2) is 4.16. The number of hydrogen-bond acceptors (Lipinski definition) is 4. The van der Waals surface area contributed by atoms with Crippen molar-refractivity contribution in [3.8, 4) is 11.5 Å². The molecule has 2 rings (SSSR count). The van der Waals surface area contributed by atoms with Crippen molar-refractivity contribution in [2.24, 2.45) is 0 Å². The van der Waals surface area contributed by atoms with Crippen molar-refractivity contribution in [1.82, 2.24) is 4.98 Å². The van der Waals surface area contributed by atoms with Gasteiger partial charge >= 0.3 is 0 Å². The summed E-state index contributed by atoms with van der Waals surface area (Å²) in [6.07, 6.45) is 1.10. The van der Waals surface area contributed by atoms with Crippen molar-refractivity contribution in [2.45, 2.75) is 11.9 Å². The molecule has 0 fully saturated rings. The van der Waals surface area contributed by atoms with Gasteiger partial charge in [-0.15, -0.1) is 0 Å². The van der Waals surface area contributed by atoms with E-state index in [2.05, 4.69) is 4.98 Å². The minimum absolute atomic E-state index is 0.0255. The van der Waals surface area contributed by atoms with Crippen molar-refractivity contribution in [3.63, 3.8) is 0 Å². The molecule has 1 aromatic heterocycles. The molecule has 0 saturated heterocycles. The Balaban J connectivity index is 2.52. The molecule has 90 valence electrons. The van der Waals surface area contributed by atoms with Gasteiger partial charge in [0.25, 0.3) is 0 Å². The first kappa shape index (κ1) is 12.1. The lowest BCUT2D eigenvalue weighted by Gasteiger charge is -1.94. The summed E-state index contributed by atoms with van der Waals surface area (Å²) in [5, 5.41) is 0.572. The van der Waals surface area contributed by atoms with Crippen LogP contribution in [0.1, 0.15) is 5.76 Å². The van der Waals surface area contributed by atoms with Gasteiger partial charge in [0.2, 0.25) is 5.89 Å². The normalized spacial score (nSPS) is 11.7. The van der Waals surface area contributed by atoms with E-state index in [1.807, 2.05) is 0 Å². The summed E-state index contributed by atoms with van der Waals surface area (Å²) in [7, 11) is -3.36. The number of benzene rings is 1. The minimum atomic E-state index is -3.36. The van der Waals surface area contributed by atoms with Crippen molar-refractivity contribution in [1.29, 1.82) is 0 Å². The Morgan fingerprint density at radius 3 is 2.29 bits per heavy atom. The number of nitrogens with zero attached hydrogens (tertiary/aromatic N) is 1. The van der Waals surface area contributed by atoms with Gasteiger partial charge in [0, 0.05) is 16.8 Å². The highest BCUT2D eigenvalue weighted by molar-refractivity contribution is 7.90. The maximum absolute atomic E-state index is 11.4. The second-order valence-electron chi connectivity index (χ2n) is 3.66. The smallest absolute Gasteiger partial charge is 0.227 e. The van der Waals surface area contributed by atoms with Gasteiger partial charge in [-0.25, -0.2) is 8.42 Å². The standard InChI is InChI=1S/C11H10ClNO3S/c1-7-11(17(2,14)15)13-10(16-7)8-3-5-9(12)6-4-8/h3-6H,1-2H3. The van der Waals surface area contributed by atoms with Crippen molar-refractivity contribution in [3.05, 3.63) is 35.0 Å². The lowest BCUT2D eigenvalue weighted by Crippen LogP contribution is -1.99. The summed E-state index contributed by atoms with van der Waals surface area (Å²) in [6, 6.07) is 6.83. The van der Waals surface area contributed by atoms with Crippen LogP contribution < -0.4 is 0 Å². The quantitative estimate of drug-likeness (QED) is 0.843. The van der Waals surface area contributed by atoms with Crippen LogP contribution in [-0.4, -0.2) is 19.7 Å². The third-order valence-corrected chi connectivity index (χ3v) is 3.53. The Morgan fingerprint density at radius 2 is 1.82 bits per heavy atom. The molecule has 0 bridgehead atoms. The number of oxazole rings is 1. The van der Waals surface area contributed by atoms with Gasteiger partial charge in [-0.1, -0.05) is 11.6 Å². The van der Waals surface area contributed by atoms with Crippen LogP contribution in [0.3, 0.4) is 0 Å². The van der Waals surface area contributed by atoms with Crippen LogP contribution in [0, 0.1) is 6.92 Å². The Morgan fingerprint density at radius 1 is 1.24 bits per heavy atom. The predicted molar refractivity (Wildman–Crippen MR) is 64.8 cm³/mol. The van der Waals surface area contributed by atoms with Crippen LogP contribution in [0.15, 0.2) is 33.7 Å². The number of halogens is 1. The molecular formula is C11H10ClNO3S. The number of hydrogen-bond donors (Lipinski definition) is 0. The molecule has 0 atom stereocenters. The number of rotatable bonds is 2. The van der Waals surface area contributed by atoms with Gasteiger partial charge < -0.3 is 4.42 Å². The predicted octanol–water partition coefficient (Wildman–Crippen LogP) is 2.71. The molecule has 17 heavy (non-hydrogen) atoms. The Bertz CT molecular complexity index is 644. The average Bonchev–Trinajstić information content (AvgIpc) is 2.61. The van der Waals surface area contributed by atoms with Gasteiger partial charge in [-0.2, -0.15) is 4.98 Å². The summed E-state index contributed by atoms with van der Waals surface area (Å²) in [5.74, 6) is 0.567. The molecule has 4 nitrogen and oxygen atoms in total. The number of sulfone groups is 1. The molecule has 0 aliphatic carbocycles. The molecule has 0 aliphatic rings. The third kappa shape index (κ3) is 2.50. The van der Waals surface area contributed by atoms with E-state index in [0.29, 0.717) is 10.6 Å². The topological polar surface area (TPSA) is 60.2 Å². The maximum atomic E-state index is 11.4. The van der Waals surface area contributed by atoms with Gasteiger partial charge in [-0.3, -0.25) is 0 Å². The van der Waals surface area contributed by atoms with Gasteiger partial charge in [0.05, 0.1) is 0 Å². The first-order valence-electron chi connectivity index (χ1n) is 4.81. The molecule has 0 radical (unpaired) electrons. The van der Waals surface area contributed by atoms with Gasteiger partial charge in [-0.05, 0) is 31.2 Å². The second-order valence-corrected chi connectivity index (χ2v) is 6.03. The van der Waals surface area contributed by atoms with Crippen molar-refractivity contribution in [2.75, 3.05) is 6.26 Å². The average molecular weight is 272 g/mol. The summed E-state index contributed by atoms with van der Waals surface area (Å²) >= 11 is 5.76. The van der Waals surface area contributed by atoms with Crippen molar-refractivity contribution >= 4 is 21.4 Å². The summed E-state index contributed by atoms with van der Waals surface area (Å²) in [5.41, 5.74) is 0.687. The van der Waals surface area contributed by atoms with Gasteiger partial charge in [0.15, 0.2) is 14.9 Å². The molecule has 0 spiro atoms. The lowest BCUT2D eigenvalue weighted by atomic mass is 10.2. The highest BCUT2D eigenvalue weighted by Gasteiger charge is 2.19. The first-order chi connectivity index (χ1) is 7.88. The fraction of sp³-hybridized carbons (Fsp3) is 0.182. The monoisotopic (exact) mass is 271 g/mol. The Kier molecular flexibility index (Phi) is 2.97. The van der Waals surface area contributed by atoms with E-state index in [9.17, 15) is 8.42 Å². The van der Waals surface area contributed by atoms with Crippen LogP contribution in [0.4, 0.5) is 0 Å². The van der Waals surface area contributed by atoms with Crippen molar-refractivity contribution < 1.29 is 12.8 Å². The van der Waals surface area contributed by atoms with Gasteiger partial charge in [0.1, 0.15) is 5.76 Å². The molecule has 1 aromatic carbocycles. The highest BCUT2D eigenvalue weighted by Crippen LogP contribution is 2.25. The van der Waals surface area contributed by atoms with E-state index < -0.39 is 9.84 Å². The van der Waals surface area contributed by atoms with E-state index in [0.717, 1.165) is 6.26 Å². The summed E-state index contributed by atoms with van der Waals surface area (Å²) in [4.78, 5) is 3.98. The van der Waals surface area contributed by atoms with E-state index in [1.54, 1.807) is 31.2 Å². The highest BCUT2D eigenvalue weighted by atomic mass is 35.5. The minimum Gasteiger partial charge on any atom is -0.440 e. The lowest BCUT2D eigenvalue weighted by molar-refractivity contribution is 0.534. The van der Waals surface area contributed by atoms with Crippen LogP contribution in [0.25, 0.3) is 11.5 Å². The third-order valence-electron chi connectivity index (χ3n) is 2.20. The molecule has 0 aliphatic heterocycles. The first-order valence-corrected chi connectivity index (χ1v) is 7.08. The molecule has 0 N–H and O–H groups in total. The summed E-state index contributed by atoms with van der Waals surface area (Å²) in [6.45, 7) is 1.57. The molecule has 0 unspecified atom stereocenters. The van der Waals surface area contributed by atoms with E-state index >= 15 is 0 Å². The number of aromatic nitrogens is 1. The molecule has 1 heterocycles. The summed E-state index contributed by atoms with van der Waals surface area (Å²) < 4.78 is 28.2. The Labute approximate surface area is 104 Å². The molecule has 2 aromatic rings. The Hall–Kier alpha value is -1.33. The zero-order valence-corrected chi connectivity index (χ0v) is 10.8. The van der Waals surface area contributed by atoms with Crippen LogP contribution in [0.5, 0.6) is 0 Å². The van der Waals surface area contributed by atoms with Crippen LogP contribution in [-0.2, 0) is 9.84 Å². The zero-order valence-electron chi connectivity index (χ0n) is 9.27. The van der Waals surface area contributed by atoms with E-state index in [4.69, 9.17) is 16.0 Å². The molecule has 6 heteroatoms. The van der Waals surface area contributed by atoms with E-state index in [1.165, 1.54) is 0 Å². The zero-order chi connectivity index (χ0) is 12.6. The van der Waals surface area contributed by atoms with Crippen LogP contribution >= 0.6 is 11.6 Å². The molecule has 0 amide bonds. The van der Waals surface area contributed by atoms with Crippen LogP contribution in [0.2, 0.25) is 5.02 Å². The fourth-order valence-electron chi connectivity index (χ4n) is 1.44. The molecule has 0 saturated carbocycles. The van der Waals surface area contributed by atoms with E-state index in [-0.39, 0.29) is 16.7 Å². The largest absolute Gasteiger partial charge is 0.440 e. The molecular weight excluding hydrogens is 262 g/mol. The number of aryl methyl sites for hydroxylation is 1. The fourth-order valence-corrected chi connectivity index (χ4v) is 2.38. The SMILES string of the molecule is Cc1oc(-c2ccc(Cl)cc2)nc1S(C)(=O)=O.